The van der Waals surface area contributed by atoms with Crippen molar-refractivity contribution in [1.29, 1.82) is 0 Å². The molecule has 6 heteroatoms. The van der Waals surface area contributed by atoms with Gasteiger partial charge in [-0.15, -0.1) is 0 Å². The van der Waals surface area contributed by atoms with Crippen molar-refractivity contribution in [3.05, 3.63) is 88.2 Å². The highest BCUT2D eigenvalue weighted by molar-refractivity contribution is 6.31. The summed E-state index contributed by atoms with van der Waals surface area (Å²) in [5, 5.41) is 0.519. The molecule has 0 aliphatic heterocycles. The second kappa shape index (κ2) is 8.10. The third kappa shape index (κ3) is 4.20. The van der Waals surface area contributed by atoms with E-state index in [-0.39, 0.29) is 18.2 Å². The van der Waals surface area contributed by atoms with Gasteiger partial charge >= 0.3 is 0 Å². The molecule has 3 rings (SSSR count). The van der Waals surface area contributed by atoms with Crippen molar-refractivity contribution >= 4 is 23.4 Å². The number of hydrazine groups is 1. The van der Waals surface area contributed by atoms with Crippen molar-refractivity contribution in [3.63, 3.8) is 0 Å². The molecule has 1 heterocycles. The average Bonchev–Trinajstić information content (AvgIpc) is 2.96. The summed E-state index contributed by atoms with van der Waals surface area (Å²) in [6.45, 7) is 3.81. The molecule has 27 heavy (non-hydrogen) atoms. The van der Waals surface area contributed by atoms with E-state index in [0.29, 0.717) is 16.1 Å². The number of carbonyl (C=O) groups is 2. The second-order valence-corrected chi connectivity index (χ2v) is 6.63. The smallest absolute Gasteiger partial charge is 0.271 e. The molecular formula is C21H20ClN3O2. The predicted octanol–water partition coefficient (Wildman–Crippen LogP) is 3.75. The molecule has 0 saturated heterocycles. The van der Waals surface area contributed by atoms with Crippen LogP contribution in [0.2, 0.25) is 5.02 Å². The summed E-state index contributed by atoms with van der Waals surface area (Å²) in [5.74, 6) is -0.703. The number of rotatable bonds is 4. The fourth-order valence-corrected chi connectivity index (χ4v) is 3.22. The number of benzene rings is 2. The van der Waals surface area contributed by atoms with Gasteiger partial charge in [0.25, 0.3) is 5.91 Å². The SMILES string of the molecule is Cc1cc(C(=O)NNC(=O)Cc2ccccc2Cl)c(C)n1-c1ccccc1. The van der Waals surface area contributed by atoms with Gasteiger partial charge in [0.1, 0.15) is 0 Å². The van der Waals surface area contributed by atoms with Crippen LogP contribution in [0.15, 0.2) is 60.7 Å². The number of amides is 2. The number of nitrogens with one attached hydrogen (secondary N) is 2. The molecular weight excluding hydrogens is 362 g/mol. The fraction of sp³-hybridized carbons (Fsp3) is 0.143. The topological polar surface area (TPSA) is 63.1 Å². The number of carbonyl (C=O) groups excluding carboxylic acids is 2. The lowest BCUT2D eigenvalue weighted by molar-refractivity contribution is -0.121. The van der Waals surface area contributed by atoms with E-state index in [1.165, 1.54) is 0 Å². The van der Waals surface area contributed by atoms with Crippen molar-refractivity contribution in [2.45, 2.75) is 20.3 Å². The van der Waals surface area contributed by atoms with Gasteiger partial charge in [0.15, 0.2) is 0 Å². The second-order valence-electron chi connectivity index (χ2n) is 6.23. The van der Waals surface area contributed by atoms with Crippen molar-refractivity contribution in [3.8, 4) is 5.69 Å². The maximum Gasteiger partial charge on any atom is 0.271 e. The number of nitrogens with zero attached hydrogens (tertiary/aromatic N) is 1. The van der Waals surface area contributed by atoms with Gasteiger partial charge < -0.3 is 4.57 Å². The van der Waals surface area contributed by atoms with Crippen molar-refractivity contribution in [1.82, 2.24) is 15.4 Å². The molecule has 5 nitrogen and oxygen atoms in total. The van der Waals surface area contributed by atoms with E-state index in [4.69, 9.17) is 11.6 Å². The molecule has 0 bridgehead atoms. The van der Waals surface area contributed by atoms with Gasteiger partial charge in [-0.1, -0.05) is 48.0 Å². The van der Waals surface area contributed by atoms with Gasteiger partial charge in [0.2, 0.25) is 5.91 Å². The normalized spacial score (nSPS) is 10.5. The van der Waals surface area contributed by atoms with E-state index in [2.05, 4.69) is 10.9 Å². The predicted molar refractivity (Wildman–Crippen MR) is 106 cm³/mol. The number of hydrogen-bond acceptors (Lipinski definition) is 2. The third-order valence-electron chi connectivity index (χ3n) is 4.31. The van der Waals surface area contributed by atoms with Gasteiger partial charge in [0.05, 0.1) is 12.0 Å². The number of aromatic nitrogens is 1. The van der Waals surface area contributed by atoms with Crippen LogP contribution < -0.4 is 10.9 Å². The molecule has 0 atom stereocenters. The first-order chi connectivity index (χ1) is 13.0. The maximum absolute atomic E-state index is 12.5. The average molecular weight is 382 g/mol. The zero-order chi connectivity index (χ0) is 19.4. The molecule has 2 amide bonds. The van der Waals surface area contributed by atoms with Gasteiger partial charge in [0, 0.05) is 22.1 Å². The molecule has 0 radical (unpaired) electrons. The summed E-state index contributed by atoms with van der Waals surface area (Å²) in [6.07, 6.45) is 0.0863. The van der Waals surface area contributed by atoms with Crippen LogP contribution in [-0.2, 0) is 11.2 Å². The molecule has 3 aromatic rings. The first-order valence-electron chi connectivity index (χ1n) is 8.54. The molecule has 0 saturated carbocycles. The zero-order valence-corrected chi connectivity index (χ0v) is 15.9. The minimum Gasteiger partial charge on any atom is -0.318 e. The molecule has 0 aliphatic rings. The van der Waals surface area contributed by atoms with Gasteiger partial charge in [-0.05, 0) is 43.7 Å². The molecule has 0 fully saturated rings. The summed E-state index contributed by atoms with van der Waals surface area (Å²) in [7, 11) is 0. The molecule has 2 N–H and O–H groups in total. The Labute approximate surface area is 162 Å². The Kier molecular flexibility index (Phi) is 5.62. The van der Waals surface area contributed by atoms with E-state index < -0.39 is 0 Å². The molecule has 0 unspecified atom stereocenters. The Hall–Kier alpha value is -3.05. The maximum atomic E-state index is 12.5. The van der Waals surface area contributed by atoms with E-state index in [1.54, 1.807) is 24.3 Å². The Balaban J connectivity index is 1.68. The zero-order valence-electron chi connectivity index (χ0n) is 15.1. The quantitative estimate of drug-likeness (QED) is 0.676. The van der Waals surface area contributed by atoms with Crippen LogP contribution in [-0.4, -0.2) is 16.4 Å². The van der Waals surface area contributed by atoms with E-state index in [0.717, 1.165) is 17.1 Å². The number of halogens is 1. The summed E-state index contributed by atoms with van der Waals surface area (Å²) >= 11 is 6.06. The fourth-order valence-electron chi connectivity index (χ4n) is 3.02. The van der Waals surface area contributed by atoms with E-state index >= 15 is 0 Å². The van der Waals surface area contributed by atoms with Crippen molar-refractivity contribution in [2.24, 2.45) is 0 Å². The minimum atomic E-state index is -0.363. The van der Waals surface area contributed by atoms with Crippen molar-refractivity contribution < 1.29 is 9.59 Å². The van der Waals surface area contributed by atoms with E-state index in [9.17, 15) is 9.59 Å². The third-order valence-corrected chi connectivity index (χ3v) is 4.68. The molecule has 1 aromatic heterocycles. The highest BCUT2D eigenvalue weighted by Gasteiger charge is 2.17. The van der Waals surface area contributed by atoms with Gasteiger partial charge in [-0.25, -0.2) is 0 Å². The molecule has 0 aliphatic carbocycles. The summed E-state index contributed by atoms with van der Waals surface area (Å²) < 4.78 is 2.00. The Morgan fingerprint density at radius 3 is 2.33 bits per heavy atom. The van der Waals surface area contributed by atoms with Crippen LogP contribution in [0.3, 0.4) is 0 Å². The van der Waals surface area contributed by atoms with Gasteiger partial charge in [-0.3, -0.25) is 20.4 Å². The van der Waals surface area contributed by atoms with Crippen LogP contribution in [0.1, 0.15) is 27.3 Å². The van der Waals surface area contributed by atoms with Crippen LogP contribution in [0, 0.1) is 13.8 Å². The number of hydrogen-bond donors (Lipinski definition) is 2. The standard InChI is InChI=1S/C21H20ClN3O2/c1-14-12-18(15(2)25(14)17-9-4-3-5-10-17)21(27)24-23-20(26)13-16-8-6-7-11-19(16)22/h3-12H,13H2,1-2H3,(H,23,26)(H,24,27). The van der Waals surface area contributed by atoms with Crippen LogP contribution in [0.25, 0.3) is 5.69 Å². The number of aryl methyl sites for hydroxylation is 1. The highest BCUT2D eigenvalue weighted by Crippen LogP contribution is 2.20. The molecule has 138 valence electrons. The van der Waals surface area contributed by atoms with E-state index in [1.807, 2.05) is 54.8 Å². The lowest BCUT2D eigenvalue weighted by atomic mass is 10.1. The lowest BCUT2D eigenvalue weighted by Crippen LogP contribution is -2.42. The summed E-state index contributed by atoms with van der Waals surface area (Å²) in [6, 6.07) is 18.7. The largest absolute Gasteiger partial charge is 0.318 e. The Morgan fingerprint density at radius 2 is 1.63 bits per heavy atom. The molecule has 0 spiro atoms. The lowest BCUT2D eigenvalue weighted by Gasteiger charge is -2.10. The Bertz CT molecular complexity index is 980. The Morgan fingerprint density at radius 1 is 0.963 bits per heavy atom. The first kappa shape index (κ1) is 18.7. The first-order valence-corrected chi connectivity index (χ1v) is 8.92. The summed E-state index contributed by atoms with van der Waals surface area (Å²) in [5.41, 5.74) is 8.85. The number of para-hydroxylation sites is 1. The van der Waals surface area contributed by atoms with Gasteiger partial charge in [-0.2, -0.15) is 0 Å². The highest BCUT2D eigenvalue weighted by atomic mass is 35.5. The van der Waals surface area contributed by atoms with Crippen LogP contribution >= 0.6 is 11.6 Å². The minimum absolute atomic E-state index is 0.0863. The van der Waals surface area contributed by atoms with Crippen LogP contribution in [0.4, 0.5) is 0 Å². The summed E-state index contributed by atoms with van der Waals surface area (Å²) in [4.78, 5) is 24.6. The molecule has 2 aromatic carbocycles. The van der Waals surface area contributed by atoms with Crippen molar-refractivity contribution in [2.75, 3.05) is 0 Å². The van der Waals surface area contributed by atoms with Crippen LogP contribution in [0.5, 0.6) is 0 Å². The monoisotopic (exact) mass is 381 g/mol.